The van der Waals surface area contributed by atoms with Gasteiger partial charge >= 0.3 is 5.97 Å². The molecule has 0 aliphatic carbocycles. The molecule has 12 N–H and O–H groups in total. The predicted octanol–water partition coefficient (Wildman–Crippen LogP) is -4.97. The van der Waals surface area contributed by atoms with E-state index in [1.165, 1.54) is 6.92 Å². The molecule has 0 aromatic heterocycles. The van der Waals surface area contributed by atoms with Gasteiger partial charge in [-0.25, -0.2) is 4.79 Å². The Morgan fingerprint density at radius 1 is 0.887 bits per heavy atom. The number of carboxylic acids is 1. The van der Waals surface area contributed by atoms with Gasteiger partial charge in [0.15, 0.2) is 6.29 Å². The summed E-state index contributed by atoms with van der Waals surface area (Å²) in [5.74, 6) is -6.31. The number of nitrogens with one attached hydrogen (secondary N) is 2. The van der Waals surface area contributed by atoms with Crippen LogP contribution in [-0.4, -0.2) is 185 Å². The molecular formula is C32H48N2O18S. The van der Waals surface area contributed by atoms with Gasteiger partial charge in [-0.05, 0) is 19.1 Å². The molecule has 53 heavy (non-hydrogen) atoms. The molecule has 1 aromatic rings. The summed E-state index contributed by atoms with van der Waals surface area (Å²) in [7, 11) is 0. The summed E-state index contributed by atoms with van der Waals surface area (Å²) in [5.41, 5.74) is -0.0522. The van der Waals surface area contributed by atoms with Crippen molar-refractivity contribution in [2.75, 3.05) is 19.8 Å². The van der Waals surface area contributed by atoms with Gasteiger partial charge < -0.3 is 85.4 Å². The summed E-state index contributed by atoms with van der Waals surface area (Å²) in [5, 5.41) is 111. The number of aliphatic hydroxyl groups is 9. The smallest absolute Gasteiger partial charge is 0.364 e. The number of aliphatic hydroxyl groups excluding tert-OH is 9. The van der Waals surface area contributed by atoms with E-state index in [2.05, 4.69) is 10.6 Å². The maximum absolute atomic E-state index is 12.8. The second-order valence-corrected chi connectivity index (χ2v) is 14.3. The van der Waals surface area contributed by atoms with E-state index in [1.54, 1.807) is 12.1 Å². The Hall–Kier alpha value is -2.58. The Morgan fingerprint density at radius 2 is 1.45 bits per heavy atom. The molecule has 3 aliphatic rings. The predicted molar refractivity (Wildman–Crippen MR) is 176 cm³/mol. The Bertz CT molecular complexity index is 1390. The number of thioether (sulfide) groups is 1. The molecule has 3 aliphatic heterocycles. The van der Waals surface area contributed by atoms with Crippen LogP contribution in [0.2, 0.25) is 0 Å². The van der Waals surface area contributed by atoms with Gasteiger partial charge in [0.05, 0.1) is 38.0 Å². The topological polar surface area (TPSA) is 324 Å². The van der Waals surface area contributed by atoms with Crippen LogP contribution in [0.15, 0.2) is 29.2 Å². The summed E-state index contributed by atoms with van der Waals surface area (Å²) in [6.45, 7) is 1.41. The average Bonchev–Trinajstić information content (AvgIpc) is 3.11. The summed E-state index contributed by atoms with van der Waals surface area (Å²) < 4.78 is 28.9. The molecule has 3 heterocycles. The number of rotatable bonds is 14. The number of ether oxygens (including phenoxy) is 5. The first-order valence-corrected chi connectivity index (χ1v) is 17.6. The first-order valence-electron chi connectivity index (χ1n) is 16.7. The monoisotopic (exact) mass is 780 g/mol. The second kappa shape index (κ2) is 18.4. The highest BCUT2D eigenvalue weighted by Gasteiger charge is 2.60. The molecule has 3 fully saturated rings. The number of aliphatic carboxylic acids is 1. The molecule has 0 radical (unpaired) electrons. The fraction of sp³-hybridized carbons (Fsp3) is 0.719. The lowest BCUT2D eigenvalue weighted by Crippen LogP contribution is -2.71. The Kier molecular flexibility index (Phi) is 15.0. The highest BCUT2D eigenvalue weighted by molar-refractivity contribution is 7.99. The second-order valence-electron chi connectivity index (χ2n) is 13.1. The van der Waals surface area contributed by atoms with Crippen molar-refractivity contribution in [1.82, 2.24) is 10.6 Å². The third-order valence-electron chi connectivity index (χ3n) is 9.12. The minimum Gasteiger partial charge on any atom is -0.477 e. The molecule has 300 valence electrons. The molecule has 0 spiro atoms. The lowest BCUT2D eigenvalue weighted by atomic mass is 9.88. The fourth-order valence-corrected chi connectivity index (χ4v) is 7.53. The summed E-state index contributed by atoms with van der Waals surface area (Å²) in [6.07, 6.45) is -23.3. The van der Waals surface area contributed by atoms with Crippen LogP contribution in [0.1, 0.15) is 25.8 Å². The third kappa shape index (κ3) is 9.81. The number of aryl methyl sites for hydroxylation is 1. The lowest BCUT2D eigenvalue weighted by molar-refractivity contribution is -0.377. The number of benzene rings is 1. The minimum absolute atomic E-state index is 0.580. The maximum Gasteiger partial charge on any atom is 0.364 e. The van der Waals surface area contributed by atoms with Crippen molar-refractivity contribution in [3.63, 3.8) is 0 Å². The standard InChI is InChI=1S/C32H48N2O18S/c1-12-4-6-15(7-5-12)53-30-21(34-14(3)39)26(23(43)19(11-37)49-30)50-29-25(45)28(24(44)18(10-36)48-29)52-32(31(46)47)8-16(40)20(33-13(2)38)27(51-32)22(42)17(41)9-35/h4-7,16-30,35-37,40-45H,8-11H2,1-3H3,(H,33,38)(H,34,39)(H,46,47)/t16-,17+,18+,19+,20+,21+,22+,23-,24-,25+,26+,27+,28-,29-,30-,32-/m0/s1. The van der Waals surface area contributed by atoms with Crippen LogP contribution in [0.3, 0.4) is 0 Å². The van der Waals surface area contributed by atoms with Crippen LogP contribution in [-0.2, 0) is 38.1 Å². The van der Waals surface area contributed by atoms with E-state index in [4.69, 9.17) is 23.7 Å². The zero-order valence-electron chi connectivity index (χ0n) is 28.9. The van der Waals surface area contributed by atoms with E-state index in [0.717, 1.165) is 24.2 Å². The largest absolute Gasteiger partial charge is 0.477 e. The molecule has 1 aromatic carbocycles. The first-order chi connectivity index (χ1) is 25.0. The van der Waals surface area contributed by atoms with Gasteiger partial charge in [0.25, 0.3) is 5.79 Å². The zero-order valence-corrected chi connectivity index (χ0v) is 29.8. The average molecular weight is 781 g/mol. The van der Waals surface area contributed by atoms with Crippen LogP contribution >= 0.6 is 11.8 Å². The minimum atomic E-state index is -3.03. The normalized spacial score (nSPS) is 38.8. The van der Waals surface area contributed by atoms with Crippen molar-refractivity contribution in [3.8, 4) is 0 Å². The Balaban J connectivity index is 1.68. The van der Waals surface area contributed by atoms with Gasteiger partial charge in [-0.15, -0.1) is 0 Å². The van der Waals surface area contributed by atoms with Crippen molar-refractivity contribution >= 4 is 29.5 Å². The van der Waals surface area contributed by atoms with Gasteiger partial charge in [0, 0.05) is 25.2 Å². The van der Waals surface area contributed by atoms with Gasteiger partial charge in [-0.2, -0.15) is 0 Å². The molecule has 2 amide bonds. The van der Waals surface area contributed by atoms with Gasteiger partial charge in [-0.3, -0.25) is 9.59 Å². The highest BCUT2D eigenvalue weighted by atomic mass is 32.2. The van der Waals surface area contributed by atoms with E-state index >= 15 is 0 Å². The van der Waals surface area contributed by atoms with Crippen LogP contribution < -0.4 is 10.6 Å². The number of hydrogen-bond acceptors (Lipinski definition) is 18. The number of carboxylic acid groups (broad SMARTS) is 1. The van der Waals surface area contributed by atoms with Crippen molar-refractivity contribution in [1.29, 1.82) is 0 Å². The van der Waals surface area contributed by atoms with Crippen molar-refractivity contribution in [3.05, 3.63) is 29.8 Å². The molecule has 0 bridgehead atoms. The fourth-order valence-electron chi connectivity index (χ4n) is 6.40. The molecule has 20 nitrogen and oxygen atoms in total. The van der Waals surface area contributed by atoms with E-state index in [-0.39, 0.29) is 0 Å². The zero-order chi connectivity index (χ0) is 39.4. The first kappa shape index (κ1) is 43.2. The highest BCUT2D eigenvalue weighted by Crippen LogP contribution is 2.39. The molecule has 0 unspecified atom stereocenters. The van der Waals surface area contributed by atoms with Crippen LogP contribution in [0.25, 0.3) is 0 Å². The van der Waals surface area contributed by atoms with Crippen molar-refractivity contribution in [2.45, 2.75) is 129 Å². The summed E-state index contributed by atoms with van der Waals surface area (Å²) in [6, 6.07) is 4.47. The summed E-state index contributed by atoms with van der Waals surface area (Å²) >= 11 is 1.12. The molecule has 16 atom stereocenters. The van der Waals surface area contributed by atoms with E-state index in [9.17, 15) is 65.4 Å². The van der Waals surface area contributed by atoms with Gasteiger partial charge in [-0.1, -0.05) is 29.5 Å². The van der Waals surface area contributed by atoms with Crippen LogP contribution in [0.4, 0.5) is 0 Å². The van der Waals surface area contributed by atoms with Crippen molar-refractivity contribution < 1.29 is 89.1 Å². The Morgan fingerprint density at radius 3 is 2.00 bits per heavy atom. The van der Waals surface area contributed by atoms with E-state index in [1.807, 2.05) is 19.1 Å². The number of amides is 2. The number of carbonyl (C=O) groups is 3. The van der Waals surface area contributed by atoms with Crippen molar-refractivity contribution in [2.24, 2.45) is 0 Å². The molecule has 0 saturated carbocycles. The summed E-state index contributed by atoms with van der Waals surface area (Å²) in [4.78, 5) is 37.8. The van der Waals surface area contributed by atoms with Gasteiger partial charge in [0.2, 0.25) is 11.8 Å². The lowest BCUT2D eigenvalue weighted by Gasteiger charge is -2.51. The quantitative estimate of drug-likeness (QED) is 0.0841. The van der Waals surface area contributed by atoms with Crippen LogP contribution in [0, 0.1) is 6.92 Å². The van der Waals surface area contributed by atoms with Gasteiger partial charge in [0.1, 0.15) is 66.5 Å². The Labute approximate surface area is 307 Å². The van der Waals surface area contributed by atoms with E-state index < -0.39 is 141 Å². The third-order valence-corrected chi connectivity index (χ3v) is 10.3. The molecule has 4 rings (SSSR count). The van der Waals surface area contributed by atoms with E-state index in [0.29, 0.717) is 4.90 Å². The maximum atomic E-state index is 12.8. The van der Waals surface area contributed by atoms with Crippen LogP contribution in [0.5, 0.6) is 0 Å². The molecular weight excluding hydrogens is 732 g/mol. The molecule has 21 heteroatoms. The molecule has 3 saturated heterocycles. The number of hydrogen-bond donors (Lipinski definition) is 12. The SMILES string of the molecule is CC(=O)N[C@@H]1[C@@H](O[C@@H]2O[C@H](CO)[C@H](O)[C@H](O[C@]3(C(=O)O)C[C@H](O)[C@@H](NC(C)=O)[C@H]([C@H](O)[C@H](O)CO)O3)[C@H]2O)[C@@H](O)[C@@H](CO)O[C@H]1Sc1ccc(C)cc1. The number of carbonyl (C=O) groups excluding carboxylic acids is 2.